The maximum absolute atomic E-state index is 10.1. The molecule has 0 atom stereocenters. The van der Waals surface area contributed by atoms with E-state index in [2.05, 4.69) is 0 Å². The predicted molar refractivity (Wildman–Crippen MR) is 41.2 cm³/mol. The van der Waals surface area contributed by atoms with Gasteiger partial charge in [0, 0.05) is 24.8 Å². The van der Waals surface area contributed by atoms with Crippen LogP contribution in [0.2, 0.25) is 0 Å². The molecule has 0 bridgehead atoms. The number of quaternary nitrogens is 2. The number of carbonyl (C=O) groups is 3. The van der Waals surface area contributed by atoms with Gasteiger partial charge in [-0.3, -0.25) is 0 Å². The molecular weight excluding hydrogens is 251 g/mol. The molecule has 90 valence electrons. The smallest absolute Gasteiger partial charge is 0.550 e. The molecule has 16 heavy (non-hydrogen) atoms. The van der Waals surface area contributed by atoms with Crippen molar-refractivity contribution in [3.63, 3.8) is 0 Å². The first-order chi connectivity index (χ1) is 5.78. The monoisotopic (exact) mass is 264 g/mol. The molecule has 0 rings (SSSR count). The van der Waals surface area contributed by atoms with Crippen LogP contribution in [0.5, 0.6) is 0 Å². The Kier molecular flexibility index (Phi) is 15.8. The summed E-state index contributed by atoms with van der Waals surface area (Å²) in [6, 6.07) is 0. The molecule has 0 aromatic carbocycles. The van der Waals surface area contributed by atoms with Crippen molar-refractivity contribution in [1.29, 1.82) is 0 Å². The van der Waals surface area contributed by atoms with Crippen molar-refractivity contribution in [3.05, 3.63) is 0 Å². The minimum Gasteiger partial charge on any atom is -0.550 e. The maximum atomic E-state index is 10.1. The Balaban J connectivity index is -0.000000240. The number of aliphatic hydroxyl groups is 1. The van der Waals surface area contributed by atoms with Gasteiger partial charge in [0.05, 0.1) is 5.97 Å². The molecule has 0 radical (unpaired) electrons. The minimum absolute atomic E-state index is 0. The average Bonchev–Trinajstić information content (AvgIpc) is 1.82. The van der Waals surface area contributed by atoms with Gasteiger partial charge in [0.2, 0.25) is 0 Å². The van der Waals surface area contributed by atoms with Gasteiger partial charge in [-0.2, -0.15) is 0 Å². The molecule has 0 heterocycles. The second-order valence-corrected chi connectivity index (χ2v) is 2.42. The number of hydrogen-bond donors (Lipinski definition) is 3. The average molecular weight is 264 g/mol. The molecule has 0 aromatic heterocycles. The van der Waals surface area contributed by atoms with Crippen LogP contribution in [0.4, 0.5) is 0 Å². The van der Waals surface area contributed by atoms with Crippen molar-refractivity contribution in [1.82, 2.24) is 12.3 Å². The van der Waals surface area contributed by atoms with Crippen molar-refractivity contribution in [2.24, 2.45) is 0 Å². The zero-order valence-corrected chi connectivity index (χ0v) is 12.4. The third-order valence-electron chi connectivity index (χ3n) is 1.25. The Morgan fingerprint density at radius 3 is 1.31 bits per heavy atom. The number of carbonyl (C=O) groups excluding carboxylic acids is 3. The summed E-state index contributed by atoms with van der Waals surface area (Å²) in [5, 5.41) is 38.9. The van der Waals surface area contributed by atoms with Crippen LogP contribution < -0.4 is 79.0 Å². The van der Waals surface area contributed by atoms with Gasteiger partial charge in [0.25, 0.3) is 0 Å². The fourth-order valence-corrected chi connectivity index (χ4v) is 0.684. The third-order valence-corrected chi connectivity index (χ3v) is 1.25. The van der Waals surface area contributed by atoms with E-state index >= 15 is 0 Å². The molecule has 0 amide bonds. The summed E-state index contributed by atoms with van der Waals surface area (Å²) < 4.78 is 0. The molecular formula is C6H13KN2O7. The molecule has 9 N–H and O–H groups in total. The van der Waals surface area contributed by atoms with E-state index in [1.54, 1.807) is 0 Å². The van der Waals surface area contributed by atoms with Crippen LogP contribution in [0.25, 0.3) is 0 Å². The van der Waals surface area contributed by atoms with E-state index in [4.69, 9.17) is 5.11 Å². The SMILES string of the molecule is O=C([O-])CC(O)(CC(=O)[O-])C(=O)[O-].[K+].[NH4+].[NH4+]. The number of rotatable bonds is 5. The van der Waals surface area contributed by atoms with Crippen molar-refractivity contribution in [2.45, 2.75) is 18.4 Å². The van der Waals surface area contributed by atoms with E-state index in [1.807, 2.05) is 0 Å². The molecule has 0 aliphatic heterocycles. The Morgan fingerprint density at radius 2 is 1.19 bits per heavy atom. The van der Waals surface area contributed by atoms with E-state index in [9.17, 15) is 29.7 Å². The Bertz CT molecular complexity index is 241. The van der Waals surface area contributed by atoms with E-state index in [0.29, 0.717) is 0 Å². The fourth-order valence-electron chi connectivity index (χ4n) is 0.684. The van der Waals surface area contributed by atoms with Crippen LogP contribution in [0.1, 0.15) is 12.8 Å². The molecule has 0 aliphatic carbocycles. The summed E-state index contributed by atoms with van der Waals surface area (Å²) >= 11 is 0. The Hall–Kier alpha value is -0.0736. The standard InChI is InChI=1S/C6H8O7.K.2H3N/c7-3(8)1-6(13,5(11)12)2-4(9)10;;;/h13H,1-2H2,(H,7,8)(H,9,10)(H,11,12);;2*1H3/q;+1;;/p-1. The Morgan fingerprint density at radius 1 is 0.938 bits per heavy atom. The molecule has 0 saturated heterocycles. The quantitative estimate of drug-likeness (QED) is 0.407. The van der Waals surface area contributed by atoms with Crippen molar-refractivity contribution < 1.29 is 86.2 Å². The number of carboxylic acids is 3. The van der Waals surface area contributed by atoms with E-state index in [0.717, 1.165) is 0 Å². The minimum atomic E-state index is -2.97. The van der Waals surface area contributed by atoms with E-state index < -0.39 is 36.4 Å². The van der Waals surface area contributed by atoms with Gasteiger partial charge in [0.15, 0.2) is 0 Å². The van der Waals surface area contributed by atoms with Crippen LogP contribution in [0, 0.1) is 0 Å². The molecule has 0 aliphatic rings. The van der Waals surface area contributed by atoms with Gasteiger partial charge in [-0.15, -0.1) is 0 Å². The van der Waals surface area contributed by atoms with Crippen LogP contribution in [-0.2, 0) is 14.4 Å². The number of hydrogen-bond acceptors (Lipinski definition) is 7. The first-order valence-electron chi connectivity index (χ1n) is 3.11. The van der Waals surface area contributed by atoms with Crippen LogP contribution in [0.15, 0.2) is 0 Å². The van der Waals surface area contributed by atoms with Gasteiger partial charge in [-0.1, -0.05) is 0 Å². The van der Waals surface area contributed by atoms with Gasteiger partial charge in [-0.25, -0.2) is 0 Å². The van der Waals surface area contributed by atoms with E-state index in [-0.39, 0.29) is 63.7 Å². The van der Waals surface area contributed by atoms with Crippen molar-refractivity contribution in [3.8, 4) is 0 Å². The van der Waals surface area contributed by atoms with Crippen molar-refractivity contribution >= 4 is 17.9 Å². The van der Waals surface area contributed by atoms with Crippen LogP contribution in [-0.4, -0.2) is 28.6 Å². The summed E-state index contributed by atoms with van der Waals surface area (Å²) in [7, 11) is 0. The third kappa shape index (κ3) is 9.17. The largest absolute Gasteiger partial charge is 1.00 e. The number of carboxylic acid groups (broad SMARTS) is 3. The maximum Gasteiger partial charge on any atom is 1.00 e. The molecule has 0 fully saturated rings. The van der Waals surface area contributed by atoms with Crippen molar-refractivity contribution in [2.75, 3.05) is 0 Å². The van der Waals surface area contributed by atoms with Gasteiger partial charge < -0.3 is 47.1 Å². The molecule has 0 spiro atoms. The first-order valence-corrected chi connectivity index (χ1v) is 3.11. The van der Waals surface area contributed by atoms with Crippen LogP contribution >= 0.6 is 0 Å². The second-order valence-electron chi connectivity index (χ2n) is 2.42. The normalized spacial score (nSPS) is 8.81. The second kappa shape index (κ2) is 10.1. The molecule has 0 aromatic rings. The Labute approximate surface area is 133 Å². The number of aliphatic carboxylic acids is 3. The molecule has 0 unspecified atom stereocenters. The summed E-state index contributed by atoms with van der Waals surface area (Å²) in [4.78, 5) is 30.0. The zero-order chi connectivity index (χ0) is 10.6. The van der Waals surface area contributed by atoms with E-state index in [1.165, 1.54) is 0 Å². The molecule has 10 heteroatoms. The summed E-state index contributed by atoms with van der Waals surface area (Å²) in [5.74, 6) is -5.98. The molecule has 9 nitrogen and oxygen atoms in total. The predicted octanol–water partition coefficient (Wildman–Crippen LogP) is -7.50. The van der Waals surface area contributed by atoms with Gasteiger partial charge in [-0.05, 0) is 0 Å². The summed E-state index contributed by atoms with van der Waals surface area (Å²) in [5.41, 5.74) is -2.97. The van der Waals surface area contributed by atoms with Gasteiger partial charge in [0.1, 0.15) is 5.60 Å². The fraction of sp³-hybridized carbons (Fsp3) is 0.500. The van der Waals surface area contributed by atoms with Gasteiger partial charge >= 0.3 is 51.4 Å². The van der Waals surface area contributed by atoms with Crippen LogP contribution in [0.3, 0.4) is 0 Å². The zero-order valence-electron chi connectivity index (χ0n) is 9.31. The summed E-state index contributed by atoms with van der Waals surface area (Å²) in [6.07, 6.45) is -2.72. The topological polar surface area (TPSA) is 214 Å². The first kappa shape index (κ1) is 24.9. The molecule has 0 saturated carbocycles. The summed E-state index contributed by atoms with van der Waals surface area (Å²) in [6.45, 7) is 0.